The first-order chi connectivity index (χ1) is 7.79. The first-order valence-electron chi connectivity index (χ1n) is 4.89. The van der Waals surface area contributed by atoms with Crippen LogP contribution in [0.3, 0.4) is 0 Å². The molecule has 16 heavy (non-hydrogen) atoms. The van der Waals surface area contributed by atoms with Crippen LogP contribution in [0.2, 0.25) is 10.0 Å². The molecule has 0 saturated heterocycles. The second-order valence-electron chi connectivity index (χ2n) is 3.57. The second-order valence-corrected chi connectivity index (χ2v) is 4.33. The molecule has 1 heterocycles. The third-order valence-electron chi connectivity index (χ3n) is 2.65. The summed E-state index contributed by atoms with van der Waals surface area (Å²) >= 11 is 12.7. The van der Waals surface area contributed by atoms with E-state index in [0.717, 1.165) is 21.7 Å². The maximum atomic E-state index is 6.35. The zero-order valence-corrected chi connectivity index (χ0v) is 9.76. The molecule has 0 radical (unpaired) electrons. The summed E-state index contributed by atoms with van der Waals surface area (Å²) in [5.41, 5.74) is 0.757. The van der Waals surface area contributed by atoms with E-state index >= 15 is 0 Å². The van der Waals surface area contributed by atoms with E-state index in [4.69, 9.17) is 23.2 Å². The molecule has 1 nitrogen and oxygen atoms in total. The van der Waals surface area contributed by atoms with Gasteiger partial charge in [-0.3, -0.25) is 4.98 Å². The van der Waals surface area contributed by atoms with Crippen LogP contribution in [0.25, 0.3) is 21.7 Å². The molecule has 0 atom stereocenters. The Balaban J connectivity index is 2.67. The molecular weight excluding hydrogens is 241 g/mol. The Bertz CT molecular complexity index is 575. The number of benzene rings is 2. The summed E-state index contributed by atoms with van der Waals surface area (Å²) in [7, 11) is 0. The number of halogens is 2. The summed E-state index contributed by atoms with van der Waals surface area (Å²) in [4.78, 5) is 4.28. The number of hydrogen-bond donors (Lipinski definition) is 0. The van der Waals surface area contributed by atoms with Crippen molar-refractivity contribution in [3.8, 4) is 0 Å². The Labute approximate surface area is 103 Å². The number of rotatable bonds is 0. The molecule has 0 aliphatic heterocycles. The number of nitrogens with zero attached hydrogens (tertiary/aromatic N) is 1. The van der Waals surface area contributed by atoms with E-state index in [1.807, 2.05) is 36.4 Å². The molecule has 0 unspecified atom stereocenters. The van der Waals surface area contributed by atoms with Crippen molar-refractivity contribution in [1.29, 1.82) is 0 Å². The summed E-state index contributed by atoms with van der Waals surface area (Å²) in [6.07, 6.45) is 1.72. The molecular formula is C13H7Cl2N. The van der Waals surface area contributed by atoms with E-state index in [1.54, 1.807) is 6.20 Å². The van der Waals surface area contributed by atoms with Crippen LogP contribution in [0.4, 0.5) is 0 Å². The van der Waals surface area contributed by atoms with Gasteiger partial charge in [-0.05, 0) is 12.1 Å². The average molecular weight is 248 g/mol. The van der Waals surface area contributed by atoms with Crippen LogP contribution in [0, 0.1) is 0 Å². The SMILES string of the molecule is Clc1c2ccccc2c(Cl)c2ncccc12. The van der Waals surface area contributed by atoms with Gasteiger partial charge in [0.2, 0.25) is 0 Å². The maximum absolute atomic E-state index is 6.35. The van der Waals surface area contributed by atoms with Crippen molar-refractivity contribution in [2.75, 3.05) is 0 Å². The fraction of sp³-hybridized carbons (Fsp3) is 0. The van der Waals surface area contributed by atoms with Crippen LogP contribution < -0.4 is 0 Å². The predicted molar refractivity (Wildman–Crippen MR) is 69.3 cm³/mol. The minimum atomic E-state index is 0.663. The average Bonchev–Trinajstić information content (AvgIpc) is 2.36. The second kappa shape index (κ2) is 3.62. The fourth-order valence-corrected chi connectivity index (χ4v) is 2.53. The van der Waals surface area contributed by atoms with Gasteiger partial charge in [-0.1, -0.05) is 47.5 Å². The van der Waals surface area contributed by atoms with Gasteiger partial charge in [-0.15, -0.1) is 0 Å². The zero-order chi connectivity index (χ0) is 11.1. The highest BCUT2D eigenvalue weighted by Gasteiger charge is 2.10. The Hall–Kier alpha value is -1.31. The van der Waals surface area contributed by atoms with Crippen molar-refractivity contribution in [2.24, 2.45) is 0 Å². The lowest BCUT2D eigenvalue weighted by molar-refractivity contribution is 1.42. The third kappa shape index (κ3) is 1.29. The predicted octanol–water partition coefficient (Wildman–Crippen LogP) is 4.69. The molecule has 0 bridgehead atoms. The topological polar surface area (TPSA) is 12.9 Å². The van der Waals surface area contributed by atoms with E-state index in [-0.39, 0.29) is 0 Å². The quantitative estimate of drug-likeness (QED) is 0.525. The Morgan fingerprint density at radius 2 is 1.38 bits per heavy atom. The van der Waals surface area contributed by atoms with Gasteiger partial charge in [0.25, 0.3) is 0 Å². The van der Waals surface area contributed by atoms with E-state index in [9.17, 15) is 0 Å². The summed E-state index contributed by atoms with van der Waals surface area (Å²) in [5.74, 6) is 0. The first-order valence-corrected chi connectivity index (χ1v) is 5.65. The van der Waals surface area contributed by atoms with Gasteiger partial charge in [0.1, 0.15) is 0 Å². The van der Waals surface area contributed by atoms with Crippen LogP contribution in [0.5, 0.6) is 0 Å². The van der Waals surface area contributed by atoms with Crippen molar-refractivity contribution in [3.05, 3.63) is 52.6 Å². The summed E-state index contributed by atoms with van der Waals surface area (Å²) in [6, 6.07) is 11.6. The molecule has 0 spiro atoms. The van der Waals surface area contributed by atoms with E-state index < -0.39 is 0 Å². The van der Waals surface area contributed by atoms with Gasteiger partial charge in [-0.2, -0.15) is 0 Å². The summed E-state index contributed by atoms with van der Waals surface area (Å²) in [5, 5.41) is 4.18. The lowest BCUT2D eigenvalue weighted by Gasteiger charge is -2.07. The van der Waals surface area contributed by atoms with E-state index in [1.165, 1.54) is 0 Å². The van der Waals surface area contributed by atoms with Gasteiger partial charge < -0.3 is 0 Å². The Morgan fingerprint density at radius 3 is 2.12 bits per heavy atom. The molecule has 0 amide bonds. The van der Waals surface area contributed by atoms with Crippen LogP contribution in [-0.4, -0.2) is 4.98 Å². The fourth-order valence-electron chi connectivity index (χ4n) is 1.90. The number of fused-ring (bicyclic) bond motifs is 2. The molecule has 78 valence electrons. The van der Waals surface area contributed by atoms with E-state index in [0.29, 0.717) is 10.0 Å². The zero-order valence-electron chi connectivity index (χ0n) is 8.24. The molecule has 3 rings (SSSR count). The minimum absolute atomic E-state index is 0.663. The molecule has 0 aliphatic rings. The van der Waals surface area contributed by atoms with Crippen molar-refractivity contribution in [3.63, 3.8) is 0 Å². The highest BCUT2D eigenvalue weighted by Crippen LogP contribution is 2.37. The smallest absolute Gasteiger partial charge is 0.0909 e. The van der Waals surface area contributed by atoms with Gasteiger partial charge >= 0.3 is 0 Å². The lowest BCUT2D eigenvalue weighted by atomic mass is 10.1. The largest absolute Gasteiger partial charge is 0.255 e. The number of hydrogen-bond acceptors (Lipinski definition) is 1. The normalized spacial score (nSPS) is 11.1. The van der Waals surface area contributed by atoms with Crippen molar-refractivity contribution in [2.45, 2.75) is 0 Å². The molecule has 0 aliphatic carbocycles. The van der Waals surface area contributed by atoms with Crippen LogP contribution in [0.15, 0.2) is 42.6 Å². The Morgan fingerprint density at radius 1 is 0.750 bits per heavy atom. The monoisotopic (exact) mass is 247 g/mol. The molecule has 0 saturated carbocycles. The number of pyridine rings is 1. The highest BCUT2D eigenvalue weighted by molar-refractivity contribution is 6.46. The summed E-state index contributed by atoms with van der Waals surface area (Å²) in [6.45, 7) is 0. The number of aromatic nitrogens is 1. The molecule has 3 aromatic rings. The first kappa shape index (κ1) is 9.88. The van der Waals surface area contributed by atoms with Crippen LogP contribution >= 0.6 is 23.2 Å². The third-order valence-corrected chi connectivity index (χ3v) is 3.44. The van der Waals surface area contributed by atoms with Gasteiger partial charge in [-0.25, -0.2) is 0 Å². The van der Waals surface area contributed by atoms with Crippen molar-refractivity contribution in [1.82, 2.24) is 4.98 Å². The van der Waals surface area contributed by atoms with Crippen LogP contribution in [-0.2, 0) is 0 Å². The molecule has 1 aromatic heterocycles. The Kier molecular flexibility index (Phi) is 2.23. The highest BCUT2D eigenvalue weighted by atomic mass is 35.5. The minimum Gasteiger partial charge on any atom is -0.255 e. The molecule has 0 fully saturated rings. The van der Waals surface area contributed by atoms with Crippen molar-refractivity contribution < 1.29 is 0 Å². The van der Waals surface area contributed by atoms with E-state index in [2.05, 4.69) is 4.98 Å². The summed E-state index contributed by atoms with van der Waals surface area (Å²) < 4.78 is 0. The molecule has 0 N–H and O–H groups in total. The maximum Gasteiger partial charge on any atom is 0.0909 e. The van der Waals surface area contributed by atoms with Crippen LogP contribution in [0.1, 0.15) is 0 Å². The van der Waals surface area contributed by atoms with Crippen molar-refractivity contribution >= 4 is 44.9 Å². The standard InChI is InChI=1S/C13H7Cl2N/c14-11-8-4-1-2-5-9(8)12(15)13-10(11)6-3-7-16-13/h1-7H. The van der Waals surface area contributed by atoms with Gasteiger partial charge in [0, 0.05) is 22.4 Å². The van der Waals surface area contributed by atoms with Gasteiger partial charge in [0.15, 0.2) is 0 Å². The molecule has 3 heteroatoms. The lowest BCUT2D eigenvalue weighted by Crippen LogP contribution is -1.84. The van der Waals surface area contributed by atoms with Gasteiger partial charge in [0.05, 0.1) is 15.6 Å². The molecule has 2 aromatic carbocycles.